The Morgan fingerprint density at radius 1 is 1.03 bits per heavy atom. The topological polar surface area (TPSA) is 79.3 Å². The smallest absolute Gasteiger partial charge is 0.295 e. The minimum Gasteiger partial charge on any atom is -0.507 e. The molecule has 2 saturated heterocycles. The maximum atomic E-state index is 13.7. The Labute approximate surface area is 211 Å². The van der Waals surface area contributed by atoms with E-state index >= 15 is 0 Å². The van der Waals surface area contributed by atoms with Crippen molar-refractivity contribution in [3.05, 3.63) is 71.0 Å². The zero-order valence-corrected chi connectivity index (χ0v) is 20.6. The molecule has 2 aromatic rings. The maximum absolute atomic E-state index is 13.7. The van der Waals surface area contributed by atoms with E-state index in [1.165, 1.54) is 17.0 Å². The van der Waals surface area contributed by atoms with Crippen molar-refractivity contribution in [1.82, 2.24) is 9.80 Å². The molecule has 192 valence electrons. The maximum Gasteiger partial charge on any atom is 0.295 e. The van der Waals surface area contributed by atoms with Gasteiger partial charge in [-0.2, -0.15) is 0 Å². The number of carbonyl (C=O) groups excluding carboxylic acids is 2. The Kier molecular flexibility index (Phi) is 8.72. The first-order chi connectivity index (χ1) is 17.5. The molecular formula is C28H33FN2O5. The Hall–Kier alpha value is -3.23. The molecule has 2 aliphatic heterocycles. The highest BCUT2D eigenvalue weighted by Gasteiger charge is 2.45. The SMILES string of the molecule is CCCCOc1ccc(/C(O)=C2\C(=O)C(=O)N(CCCN3CCOCC3)C2c2ccc(F)cc2)cc1. The van der Waals surface area contributed by atoms with Crippen LogP contribution < -0.4 is 4.74 Å². The summed E-state index contributed by atoms with van der Waals surface area (Å²) in [6.45, 7) is 6.82. The number of likely N-dealkylation sites (tertiary alicyclic amines) is 1. The van der Waals surface area contributed by atoms with E-state index in [9.17, 15) is 19.1 Å². The molecule has 0 saturated carbocycles. The summed E-state index contributed by atoms with van der Waals surface area (Å²) in [5, 5.41) is 11.2. The van der Waals surface area contributed by atoms with E-state index in [1.54, 1.807) is 36.4 Å². The molecule has 1 amide bonds. The van der Waals surface area contributed by atoms with E-state index in [1.807, 2.05) is 0 Å². The lowest BCUT2D eigenvalue weighted by atomic mass is 9.95. The van der Waals surface area contributed by atoms with E-state index in [0.717, 1.165) is 32.5 Å². The summed E-state index contributed by atoms with van der Waals surface area (Å²) >= 11 is 0. The van der Waals surface area contributed by atoms with Crippen molar-refractivity contribution < 1.29 is 28.6 Å². The van der Waals surface area contributed by atoms with Crippen molar-refractivity contribution in [3.8, 4) is 5.75 Å². The van der Waals surface area contributed by atoms with Crippen LogP contribution in [0.1, 0.15) is 43.4 Å². The summed E-state index contributed by atoms with van der Waals surface area (Å²) in [4.78, 5) is 30.0. The molecule has 2 fully saturated rings. The Morgan fingerprint density at radius 2 is 1.72 bits per heavy atom. The summed E-state index contributed by atoms with van der Waals surface area (Å²) < 4.78 is 24.7. The van der Waals surface area contributed by atoms with Crippen LogP contribution in [0.2, 0.25) is 0 Å². The summed E-state index contributed by atoms with van der Waals surface area (Å²) in [5.41, 5.74) is 0.997. The third-order valence-electron chi connectivity index (χ3n) is 6.60. The third-order valence-corrected chi connectivity index (χ3v) is 6.60. The number of nitrogens with zero attached hydrogens (tertiary/aromatic N) is 2. The van der Waals surface area contributed by atoms with Crippen LogP contribution in [0.25, 0.3) is 5.76 Å². The van der Waals surface area contributed by atoms with Crippen LogP contribution in [-0.2, 0) is 14.3 Å². The lowest BCUT2D eigenvalue weighted by Crippen LogP contribution is -2.38. The van der Waals surface area contributed by atoms with E-state index in [-0.39, 0.29) is 11.3 Å². The lowest BCUT2D eigenvalue weighted by Gasteiger charge is -2.29. The molecule has 1 unspecified atom stereocenters. The zero-order chi connectivity index (χ0) is 25.5. The normalized spacial score (nSPS) is 20.2. The monoisotopic (exact) mass is 496 g/mol. The van der Waals surface area contributed by atoms with Crippen molar-refractivity contribution in [3.63, 3.8) is 0 Å². The summed E-state index contributed by atoms with van der Waals surface area (Å²) in [5.74, 6) is -1.40. The van der Waals surface area contributed by atoms with Gasteiger partial charge >= 0.3 is 0 Å². The predicted molar refractivity (Wildman–Crippen MR) is 134 cm³/mol. The predicted octanol–water partition coefficient (Wildman–Crippen LogP) is 4.15. The molecule has 36 heavy (non-hydrogen) atoms. The lowest BCUT2D eigenvalue weighted by molar-refractivity contribution is -0.140. The van der Waals surface area contributed by atoms with Gasteiger partial charge < -0.3 is 19.5 Å². The largest absolute Gasteiger partial charge is 0.507 e. The number of unbranched alkanes of at least 4 members (excludes halogenated alkanes) is 1. The molecule has 1 N–H and O–H groups in total. The average molecular weight is 497 g/mol. The summed E-state index contributed by atoms with van der Waals surface area (Å²) in [6, 6.07) is 11.7. The number of ketones is 1. The van der Waals surface area contributed by atoms with Crippen LogP contribution in [0, 0.1) is 5.82 Å². The number of Topliss-reactive ketones (excluding diaryl/α,β-unsaturated/α-hetero) is 1. The summed E-state index contributed by atoms with van der Waals surface area (Å²) in [7, 11) is 0. The van der Waals surface area contributed by atoms with Gasteiger partial charge in [0.05, 0.1) is 31.4 Å². The molecule has 2 aromatic carbocycles. The van der Waals surface area contributed by atoms with Gasteiger partial charge in [-0.05, 0) is 54.8 Å². The van der Waals surface area contributed by atoms with Gasteiger partial charge in [-0.3, -0.25) is 14.5 Å². The van der Waals surface area contributed by atoms with Gasteiger partial charge in [0.15, 0.2) is 0 Å². The van der Waals surface area contributed by atoms with Gasteiger partial charge in [0.25, 0.3) is 11.7 Å². The molecule has 2 heterocycles. The average Bonchev–Trinajstić information content (AvgIpc) is 3.15. The van der Waals surface area contributed by atoms with Crippen molar-refractivity contribution in [2.24, 2.45) is 0 Å². The highest BCUT2D eigenvalue weighted by Crippen LogP contribution is 2.39. The van der Waals surface area contributed by atoms with Crippen molar-refractivity contribution in [2.75, 3.05) is 46.0 Å². The molecular weight excluding hydrogens is 463 g/mol. The van der Waals surface area contributed by atoms with Crippen molar-refractivity contribution >= 4 is 17.4 Å². The zero-order valence-electron chi connectivity index (χ0n) is 20.6. The standard InChI is InChI=1S/C28H33FN2O5/c1-2-3-17-36-23-11-7-21(8-12-23)26(32)24-25(20-5-9-22(29)10-6-20)31(28(34)27(24)33)14-4-13-30-15-18-35-19-16-30/h5-12,25,32H,2-4,13-19H2,1H3/b26-24+. The number of benzene rings is 2. The van der Waals surface area contributed by atoms with Crippen LogP contribution in [0.3, 0.4) is 0 Å². The fraction of sp³-hybridized carbons (Fsp3) is 0.429. The van der Waals surface area contributed by atoms with Gasteiger partial charge in [-0.15, -0.1) is 0 Å². The van der Waals surface area contributed by atoms with Gasteiger partial charge in [0.1, 0.15) is 17.3 Å². The molecule has 1 atom stereocenters. The van der Waals surface area contributed by atoms with Gasteiger partial charge in [-0.1, -0.05) is 25.5 Å². The number of aliphatic hydroxyl groups is 1. The van der Waals surface area contributed by atoms with Gasteiger partial charge in [0.2, 0.25) is 0 Å². The van der Waals surface area contributed by atoms with Crippen LogP contribution >= 0.6 is 0 Å². The second kappa shape index (κ2) is 12.1. The van der Waals surface area contributed by atoms with Crippen molar-refractivity contribution in [1.29, 1.82) is 0 Å². The molecule has 0 spiro atoms. The van der Waals surface area contributed by atoms with Crippen LogP contribution in [0.15, 0.2) is 54.1 Å². The minimum absolute atomic E-state index is 0.0117. The number of halogens is 1. The quantitative estimate of drug-likeness (QED) is 0.230. The molecule has 7 nitrogen and oxygen atoms in total. The first-order valence-corrected chi connectivity index (χ1v) is 12.6. The van der Waals surface area contributed by atoms with E-state index in [2.05, 4.69) is 11.8 Å². The Balaban J connectivity index is 1.60. The molecule has 4 rings (SSSR count). The molecule has 0 aliphatic carbocycles. The number of hydrogen-bond acceptors (Lipinski definition) is 6. The molecule has 0 radical (unpaired) electrons. The summed E-state index contributed by atoms with van der Waals surface area (Å²) in [6.07, 6.45) is 2.62. The molecule has 8 heteroatoms. The Morgan fingerprint density at radius 3 is 2.39 bits per heavy atom. The first-order valence-electron chi connectivity index (χ1n) is 12.6. The first kappa shape index (κ1) is 25.9. The van der Waals surface area contributed by atoms with Gasteiger partial charge in [-0.25, -0.2) is 4.39 Å². The number of morpholine rings is 1. The van der Waals surface area contributed by atoms with E-state index in [4.69, 9.17) is 9.47 Å². The van der Waals surface area contributed by atoms with Gasteiger partial charge in [0, 0.05) is 31.7 Å². The highest BCUT2D eigenvalue weighted by atomic mass is 19.1. The van der Waals surface area contributed by atoms with Crippen molar-refractivity contribution in [2.45, 2.75) is 32.2 Å². The highest BCUT2D eigenvalue weighted by molar-refractivity contribution is 6.46. The minimum atomic E-state index is -0.796. The van der Waals surface area contributed by atoms with Crippen LogP contribution in [0.5, 0.6) is 5.75 Å². The molecule has 0 bridgehead atoms. The number of ether oxygens (including phenoxy) is 2. The Bertz CT molecular complexity index is 1080. The number of rotatable bonds is 10. The number of amides is 1. The number of hydrogen-bond donors (Lipinski definition) is 1. The molecule has 0 aromatic heterocycles. The van der Waals surface area contributed by atoms with Crippen LogP contribution in [0.4, 0.5) is 4.39 Å². The second-order valence-corrected chi connectivity index (χ2v) is 9.08. The third kappa shape index (κ3) is 5.94. The second-order valence-electron chi connectivity index (χ2n) is 9.08. The van der Waals surface area contributed by atoms with E-state index in [0.29, 0.717) is 49.7 Å². The number of aliphatic hydroxyl groups excluding tert-OH is 1. The fourth-order valence-corrected chi connectivity index (χ4v) is 4.59. The molecule has 2 aliphatic rings. The van der Waals surface area contributed by atoms with E-state index < -0.39 is 23.5 Å². The fourth-order valence-electron chi connectivity index (χ4n) is 4.59. The number of carbonyl (C=O) groups is 2. The van der Waals surface area contributed by atoms with Crippen LogP contribution in [-0.4, -0.2) is 72.6 Å².